The molecule has 7 heteroatoms. The molecule has 1 N–H and O–H groups in total. The zero-order chi connectivity index (χ0) is 17.4. The molecule has 0 aliphatic rings. The van der Waals surface area contributed by atoms with Crippen molar-refractivity contribution in [2.45, 2.75) is 0 Å². The minimum atomic E-state index is -0.447. The molecule has 1 amide bonds. The number of hydrazone groups is 1. The first-order valence-electron chi connectivity index (χ1n) is 7.04. The van der Waals surface area contributed by atoms with Gasteiger partial charge in [0.25, 0.3) is 5.91 Å². The zero-order valence-corrected chi connectivity index (χ0v) is 13.3. The summed E-state index contributed by atoms with van der Waals surface area (Å²) in [5.74, 6) is 0.811. The second-order valence-corrected chi connectivity index (χ2v) is 4.64. The topological polar surface area (TPSA) is 69.2 Å². The van der Waals surface area contributed by atoms with Crippen LogP contribution in [-0.2, 0) is 4.79 Å². The van der Waals surface area contributed by atoms with Crippen LogP contribution in [0.4, 0.5) is 4.39 Å². The van der Waals surface area contributed by atoms with E-state index >= 15 is 0 Å². The number of ether oxygens (including phenoxy) is 3. The highest BCUT2D eigenvalue weighted by Crippen LogP contribution is 2.22. The maximum atomic E-state index is 12.8. The Kier molecular flexibility index (Phi) is 6.13. The van der Waals surface area contributed by atoms with Crippen molar-refractivity contribution in [2.24, 2.45) is 5.10 Å². The highest BCUT2D eigenvalue weighted by atomic mass is 19.1. The predicted molar refractivity (Wildman–Crippen MR) is 87.2 cm³/mol. The number of nitrogens with one attached hydrogen (secondary N) is 1. The Morgan fingerprint density at radius 3 is 2.50 bits per heavy atom. The summed E-state index contributed by atoms with van der Waals surface area (Å²) in [6, 6.07) is 10.6. The van der Waals surface area contributed by atoms with Gasteiger partial charge in [0.1, 0.15) is 23.1 Å². The van der Waals surface area contributed by atoms with Crippen LogP contribution in [0.2, 0.25) is 0 Å². The maximum absolute atomic E-state index is 12.8. The average molecular weight is 332 g/mol. The third-order valence-electron chi connectivity index (χ3n) is 3.01. The summed E-state index contributed by atoms with van der Waals surface area (Å²) in [5.41, 5.74) is 2.99. The van der Waals surface area contributed by atoms with Gasteiger partial charge >= 0.3 is 0 Å². The fraction of sp³-hybridized carbons (Fsp3) is 0.176. The first kappa shape index (κ1) is 17.3. The van der Waals surface area contributed by atoms with E-state index in [2.05, 4.69) is 10.5 Å². The van der Waals surface area contributed by atoms with Crippen molar-refractivity contribution in [2.75, 3.05) is 20.8 Å². The molecule has 0 bridgehead atoms. The lowest BCUT2D eigenvalue weighted by molar-refractivity contribution is -0.123. The van der Waals surface area contributed by atoms with E-state index in [0.717, 1.165) is 0 Å². The largest absolute Gasteiger partial charge is 0.497 e. The second-order valence-electron chi connectivity index (χ2n) is 4.64. The summed E-state index contributed by atoms with van der Waals surface area (Å²) in [7, 11) is 3.09. The summed E-state index contributed by atoms with van der Waals surface area (Å²) in [6.07, 6.45) is 1.44. The molecule has 0 aliphatic carbocycles. The fourth-order valence-corrected chi connectivity index (χ4v) is 1.83. The van der Waals surface area contributed by atoms with E-state index in [1.165, 1.54) is 37.6 Å². The van der Waals surface area contributed by atoms with Gasteiger partial charge in [0.05, 0.1) is 20.4 Å². The van der Waals surface area contributed by atoms with Crippen LogP contribution in [0.1, 0.15) is 5.56 Å². The molecular formula is C17H17FN2O4. The number of halogens is 1. The van der Waals surface area contributed by atoms with Crippen LogP contribution < -0.4 is 19.6 Å². The lowest BCUT2D eigenvalue weighted by Gasteiger charge is -2.07. The second kappa shape index (κ2) is 8.52. The Balaban J connectivity index is 1.89. The number of carbonyl (C=O) groups excluding carboxylic acids is 1. The quantitative estimate of drug-likeness (QED) is 0.624. The smallest absolute Gasteiger partial charge is 0.277 e. The normalized spacial score (nSPS) is 10.5. The zero-order valence-electron chi connectivity index (χ0n) is 13.3. The molecule has 6 nitrogen and oxygen atoms in total. The van der Waals surface area contributed by atoms with Crippen LogP contribution in [0.3, 0.4) is 0 Å². The Morgan fingerprint density at radius 2 is 1.83 bits per heavy atom. The summed E-state index contributed by atoms with van der Waals surface area (Å²) in [4.78, 5) is 11.7. The number of hydrogen-bond donors (Lipinski definition) is 1. The van der Waals surface area contributed by atoms with Gasteiger partial charge in [0, 0.05) is 5.56 Å². The Hall–Kier alpha value is -3.09. The number of hydrogen-bond acceptors (Lipinski definition) is 5. The lowest BCUT2D eigenvalue weighted by atomic mass is 10.2. The maximum Gasteiger partial charge on any atom is 0.277 e. The standard InChI is InChI=1S/C17H17FN2O4/c1-22-15-7-8-16(23-2)12(9-15)10-19-20-17(21)11-24-14-5-3-13(18)4-6-14/h3-10H,11H2,1-2H3,(H,20,21). The molecular weight excluding hydrogens is 315 g/mol. The fourth-order valence-electron chi connectivity index (χ4n) is 1.83. The van der Waals surface area contributed by atoms with Crippen molar-refractivity contribution >= 4 is 12.1 Å². The van der Waals surface area contributed by atoms with E-state index in [-0.39, 0.29) is 12.4 Å². The minimum Gasteiger partial charge on any atom is -0.497 e. The summed E-state index contributed by atoms with van der Waals surface area (Å²) >= 11 is 0. The molecule has 0 aromatic heterocycles. The SMILES string of the molecule is COc1ccc(OC)c(C=NNC(=O)COc2ccc(F)cc2)c1. The molecule has 0 spiro atoms. The van der Waals surface area contributed by atoms with Gasteiger partial charge in [-0.05, 0) is 42.5 Å². The molecule has 0 heterocycles. The molecule has 2 aromatic rings. The number of nitrogens with zero attached hydrogens (tertiary/aromatic N) is 1. The third kappa shape index (κ3) is 4.98. The number of methoxy groups -OCH3 is 2. The van der Waals surface area contributed by atoms with Gasteiger partial charge in [-0.25, -0.2) is 9.82 Å². The highest BCUT2D eigenvalue weighted by Gasteiger charge is 2.04. The molecule has 0 atom stereocenters. The first-order valence-corrected chi connectivity index (χ1v) is 7.04. The summed E-state index contributed by atoms with van der Waals surface area (Å²) in [5, 5.41) is 3.85. The van der Waals surface area contributed by atoms with Gasteiger partial charge < -0.3 is 14.2 Å². The van der Waals surface area contributed by atoms with Crippen LogP contribution in [-0.4, -0.2) is 32.9 Å². The van der Waals surface area contributed by atoms with E-state index in [1.807, 2.05) is 0 Å². The van der Waals surface area contributed by atoms with Gasteiger partial charge in [0.15, 0.2) is 6.61 Å². The third-order valence-corrected chi connectivity index (χ3v) is 3.01. The van der Waals surface area contributed by atoms with Gasteiger partial charge in [-0.15, -0.1) is 0 Å². The first-order chi connectivity index (χ1) is 11.6. The number of rotatable bonds is 7. The molecule has 0 aliphatic heterocycles. The minimum absolute atomic E-state index is 0.238. The summed E-state index contributed by atoms with van der Waals surface area (Å²) in [6.45, 7) is -0.238. The molecule has 2 rings (SSSR count). The average Bonchev–Trinajstić information content (AvgIpc) is 2.61. The van der Waals surface area contributed by atoms with Crippen molar-refractivity contribution in [1.29, 1.82) is 0 Å². The van der Waals surface area contributed by atoms with Crippen molar-refractivity contribution in [3.05, 3.63) is 53.8 Å². The number of amides is 1. The molecule has 0 fully saturated rings. The molecule has 2 aromatic carbocycles. The highest BCUT2D eigenvalue weighted by molar-refractivity contribution is 5.86. The van der Waals surface area contributed by atoms with Crippen LogP contribution in [0, 0.1) is 5.82 Å². The van der Waals surface area contributed by atoms with Crippen LogP contribution in [0.25, 0.3) is 0 Å². The van der Waals surface area contributed by atoms with E-state index in [0.29, 0.717) is 22.8 Å². The molecule has 0 saturated heterocycles. The van der Waals surface area contributed by atoms with Crippen molar-refractivity contribution in [1.82, 2.24) is 5.43 Å². The van der Waals surface area contributed by atoms with Crippen LogP contribution in [0.15, 0.2) is 47.6 Å². The van der Waals surface area contributed by atoms with E-state index in [4.69, 9.17) is 14.2 Å². The Morgan fingerprint density at radius 1 is 1.12 bits per heavy atom. The van der Waals surface area contributed by atoms with Crippen LogP contribution >= 0.6 is 0 Å². The monoisotopic (exact) mass is 332 g/mol. The van der Waals surface area contributed by atoms with E-state index in [9.17, 15) is 9.18 Å². The van der Waals surface area contributed by atoms with Crippen LogP contribution in [0.5, 0.6) is 17.2 Å². The van der Waals surface area contributed by atoms with Gasteiger partial charge in [-0.2, -0.15) is 5.10 Å². The lowest BCUT2D eigenvalue weighted by Crippen LogP contribution is -2.24. The Bertz CT molecular complexity index is 717. The molecule has 24 heavy (non-hydrogen) atoms. The van der Waals surface area contributed by atoms with Gasteiger partial charge in [-0.3, -0.25) is 4.79 Å². The summed E-state index contributed by atoms with van der Waals surface area (Å²) < 4.78 is 28.3. The van der Waals surface area contributed by atoms with Gasteiger partial charge in [0.2, 0.25) is 0 Å². The molecule has 126 valence electrons. The van der Waals surface area contributed by atoms with Crippen molar-refractivity contribution < 1.29 is 23.4 Å². The van der Waals surface area contributed by atoms with E-state index in [1.54, 1.807) is 25.3 Å². The Labute approximate surface area is 138 Å². The van der Waals surface area contributed by atoms with E-state index < -0.39 is 5.91 Å². The van der Waals surface area contributed by atoms with Crippen molar-refractivity contribution in [3.8, 4) is 17.2 Å². The molecule has 0 unspecified atom stereocenters. The van der Waals surface area contributed by atoms with Gasteiger partial charge in [-0.1, -0.05) is 0 Å². The van der Waals surface area contributed by atoms with Crippen molar-refractivity contribution in [3.63, 3.8) is 0 Å². The molecule has 0 saturated carbocycles. The number of carbonyl (C=O) groups is 1. The predicted octanol–water partition coefficient (Wildman–Crippen LogP) is 2.37. The molecule has 0 radical (unpaired) electrons. The number of benzene rings is 2.